The fourth-order valence-corrected chi connectivity index (χ4v) is 2.49. The molecule has 0 radical (unpaired) electrons. The number of benzene rings is 1. The number of rotatable bonds is 9. The van der Waals surface area contributed by atoms with Gasteiger partial charge < -0.3 is 15.5 Å². The average molecular weight is 341 g/mol. The molecule has 1 aromatic carbocycles. The van der Waals surface area contributed by atoms with Crippen molar-refractivity contribution in [2.45, 2.75) is 33.6 Å². The van der Waals surface area contributed by atoms with Crippen LogP contribution >= 0.6 is 0 Å². The first-order valence-corrected chi connectivity index (χ1v) is 8.91. The van der Waals surface area contributed by atoms with Crippen molar-refractivity contribution in [1.82, 2.24) is 9.97 Å². The Morgan fingerprint density at radius 3 is 2.44 bits per heavy atom. The van der Waals surface area contributed by atoms with Crippen LogP contribution in [0.1, 0.15) is 44.1 Å². The molecular weight excluding hydrogens is 314 g/mol. The summed E-state index contributed by atoms with van der Waals surface area (Å²) in [7, 11) is 0. The van der Waals surface area contributed by atoms with Gasteiger partial charge in [0.25, 0.3) is 5.91 Å². The van der Waals surface area contributed by atoms with Crippen LogP contribution in [0.3, 0.4) is 0 Å². The zero-order valence-electron chi connectivity index (χ0n) is 15.2. The van der Waals surface area contributed by atoms with E-state index in [0.29, 0.717) is 11.6 Å². The molecule has 6 nitrogen and oxygen atoms in total. The van der Waals surface area contributed by atoms with Crippen molar-refractivity contribution in [2.75, 3.05) is 35.2 Å². The maximum absolute atomic E-state index is 12.4. The summed E-state index contributed by atoms with van der Waals surface area (Å²) in [6.45, 7) is 9.08. The highest BCUT2D eigenvalue weighted by Gasteiger charge is 2.10. The predicted molar refractivity (Wildman–Crippen MR) is 103 cm³/mol. The Bertz CT molecular complexity index is 668. The molecule has 2 N–H and O–H groups in total. The Balaban J connectivity index is 2.00. The number of anilines is 3. The number of nitrogens with one attached hydrogen (secondary N) is 2. The normalized spacial score (nSPS) is 10.4. The third-order valence-electron chi connectivity index (χ3n) is 3.96. The quantitative estimate of drug-likeness (QED) is 0.679. The molecule has 0 aliphatic carbocycles. The number of hydrogen-bond acceptors (Lipinski definition) is 5. The van der Waals surface area contributed by atoms with Gasteiger partial charge in [0.1, 0.15) is 5.69 Å². The molecule has 2 aromatic rings. The van der Waals surface area contributed by atoms with Crippen molar-refractivity contribution >= 4 is 23.2 Å². The molecule has 1 heterocycles. The molecule has 25 heavy (non-hydrogen) atoms. The lowest BCUT2D eigenvalue weighted by Gasteiger charge is -2.21. The van der Waals surface area contributed by atoms with Crippen molar-refractivity contribution in [3.8, 4) is 0 Å². The smallest absolute Gasteiger partial charge is 0.274 e. The van der Waals surface area contributed by atoms with Crippen molar-refractivity contribution < 1.29 is 4.79 Å². The Hall–Kier alpha value is -2.63. The molecule has 0 aliphatic heterocycles. The SMILES string of the molecule is CCCCNc1nccc(C(=O)Nc2ccc(N(CC)CC)cc2)n1. The monoisotopic (exact) mass is 341 g/mol. The van der Waals surface area contributed by atoms with Crippen LogP contribution in [0, 0.1) is 0 Å². The zero-order valence-corrected chi connectivity index (χ0v) is 15.2. The Labute approximate surface area is 149 Å². The highest BCUT2D eigenvalue weighted by molar-refractivity contribution is 6.03. The first kappa shape index (κ1) is 18.7. The van der Waals surface area contributed by atoms with E-state index >= 15 is 0 Å². The summed E-state index contributed by atoms with van der Waals surface area (Å²) in [5.41, 5.74) is 2.24. The molecule has 0 fully saturated rings. The van der Waals surface area contributed by atoms with Gasteiger partial charge in [-0.3, -0.25) is 4.79 Å². The molecule has 0 bridgehead atoms. The second-order valence-electron chi connectivity index (χ2n) is 5.72. The maximum atomic E-state index is 12.4. The summed E-state index contributed by atoms with van der Waals surface area (Å²) in [5, 5.41) is 6.01. The number of hydrogen-bond donors (Lipinski definition) is 2. The summed E-state index contributed by atoms with van der Waals surface area (Å²) in [6.07, 6.45) is 3.73. The number of carbonyl (C=O) groups is 1. The van der Waals surface area contributed by atoms with E-state index in [4.69, 9.17) is 0 Å². The number of unbranched alkanes of at least 4 members (excludes halogenated alkanes) is 1. The molecule has 0 aliphatic rings. The molecule has 6 heteroatoms. The molecule has 0 atom stereocenters. The van der Waals surface area contributed by atoms with E-state index in [1.165, 1.54) is 0 Å². The predicted octanol–water partition coefficient (Wildman–Crippen LogP) is 3.79. The molecule has 0 saturated heterocycles. The summed E-state index contributed by atoms with van der Waals surface area (Å²) >= 11 is 0. The Kier molecular flexibility index (Phi) is 7.19. The summed E-state index contributed by atoms with van der Waals surface area (Å²) in [6, 6.07) is 9.46. The lowest BCUT2D eigenvalue weighted by atomic mass is 10.2. The molecule has 1 aromatic heterocycles. The van der Waals surface area contributed by atoms with Crippen LogP contribution in [0.2, 0.25) is 0 Å². The lowest BCUT2D eigenvalue weighted by molar-refractivity contribution is 0.102. The minimum Gasteiger partial charge on any atom is -0.372 e. The van der Waals surface area contributed by atoms with Crippen molar-refractivity contribution in [2.24, 2.45) is 0 Å². The number of carbonyl (C=O) groups excluding carboxylic acids is 1. The van der Waals surface area contributed by atoms with Gasteiger partial charge >= 0.3 is 0 Å². The van der Waals surface area contributed by atoms with E-state index < -0.39 is 0 Å². The van der Waals surface area contributed by atoms with E-state index in [9.17, 15) is 4.79 Å². The van der Waals surface area contributed by atoms with Crippen LogP contribution in [0.25, 0.3) is 0 Å². The largest absolute Gasteiger partial charge is 0.372 e. The standard InChI is InChI=1S/C19H27N5O/c1-4-7-13-20-19-21-14-12-17(23-19)18(25)22-15-8-10-16(11-9-15)24(5-2)6-3/h8-12,14H,4-7,13H2,1-3H3,(H,22,25)(H,20,21,23). The van der Waals surface area contributed by atoms with Gasteiger partial charge in [0.05, 0.1) is 0 Å². The molecule has 0 unspecified atom stereocenters. The molecule has 0 saturated carbocycles. The van der Waals surface area contributed by atoms with Crippen LogP contribution in [0.5, 0.6) is 0 Å². The van der Waals surface area contributed by atoms with Crippen LogP contribution in [-0.2, 0) is 0 Å². The van der Waals surface area contributed by atoms with E-state index in [-0.39, 0.29) is 5.91 Å². The van der Waals surface area contributed by atoms with Crippen LogP contribution in [0.4, 0.5) is 17.3 Å². The fraction of sp³-hybridized carbons (Fsp3) is 0.421. The molecule has 0 spiro atoms. The van der Waals surface area contributed by atoms with E-state index in [1.54, 1.807) is 12.3 Å². The fourth-order valence-electron chi connectivity index (χ4n) is 2.49. The van der Waals surface area contributed by atoms with Crippen LogP contribution in [0.15, 0.2) is 36.5 Å². The van der Waals surface area contributed by atoms with Gasteiger partial charge in [-0.15, -0.1) is 0 Å². The number of aromatic nitrogens is 2. The third kappa shape index (κ3) is 5.45. The van der Waals surface area contributed by atoms with Gasteiger partial charge in [-0.25, -0.2) is 9.97 Å². The first-order valence-electron chi connectivity index (χ1n) is 8.91. The molecule has 1 amide bonds. The van der Waals surface area contributed by atoms with Crippen molar-refractivity contribution in [3.05, 3.63) is 42.2 Å². The van der Waals surface area contributed by atoms with Crippen LogP contribution < -0.4 is 15.5 Å². The average Bonchev–Trinajstić information content (AvgIpc) is 2.64. The number of amides is 1. The lowest BCUT2D eigenvalue weighted by Crippen LogP contribution is -2.21. The molecular formula is C19H27N5O. The summed E-state index contributed by atoms with van der Waals surface area (Å²) < 4.78 is 0. The Morgan fingerprint density at radius 1 is 1.08 bits per heavy atom. The van der Waals surface area contributed by atoms with Gasteiger partial charge in [0.15, 0.2) is 0 Å². The maximum Gasteiger partial charge on any atom is 0.274 e. The molecule has 2 rings (SSSR count). The van der Waals surface area contributed by atoms with E-state index in [1.807, 2.05) is 24.3 Å². The topological polar surface area (TPSA) is 70.2 Å². The van der Waals surface area contributed by atoms with E-state index in [0.717, 1.165) is 43.9 Å². The highest BCUT2D eigenvalue weighted by Crippen LogP contribution is 2.18. The Morgan fingerprint density at radius 2 is 1.80 bits per heavy atom. The van der Waals surface area contributed by atoms with E-state index in [2.05, 4.69) is 46.3 Å². The van der Waals surface area contributed by atoms with Gasteiger partial charge in [0, 0.05) is 37.2 Å². The van der Waals surface area contributed by atoms with Crippen molar-refractivity contribution in [1.29, 1.82) is 0 Å². The zero-order chi connectivity index (χ0) is 18.1. The number of nitrogens with zero attached hydrogens (tertiary/aromatic N) is 3. The molecule has 134 valence electrons. The second-order valence-corrected chi connectivity index (χ2v) is 5.72. The first-order chi connectivity index (χ1) is 12.2. The highest BCUT2D eigenvalue weighted by atomic mass is 16.1. The minimum atomic E-state index is -0.239. The van der Waals surface area contributed by atoms with Gasteiger partial charge in [-0.05, 0) is 50.6 Å². The second kappa shape index (κ2) is 9.61. The minimum absolute atomic E-state index is 0.239. The van der Waals surface area contributed by atoms with Gasteiger partial charge in [0.2, 0.25) is 5.95 Å². The van der Waals surface area contributed by atoms with Crippen LogP contribution in [-0.4, -0.2) is 35.5 Å². The van der Waals surface area contributed by atoms with Crippen molar-refractivity contribution in [3.63, 3.8) is 0 Å². The third-order valence-corrected chi connectivity index (χ3v) is 3.96. The van der Waals surface area contributed by atoms with Gasteiger partial charge in [-0.2, -0.15) is 0 Å². The van der Waals surface area contributed by atoms with Gasteiger partial charge in [-0.1, -0.05) is 13.3 Å². The summed E-state index contributed by atoms with van der Waals surface area (Å²) in [5.74, 6) is 0.245. The summed E-state index contributed by atoms with van der Waals surface area (Å²) in [4.78, 5) is 23.1.